The minimum absolute atomic E-state index is 0.0510. The summed E-state index contributed by atoms with van der Waals surface area (Å²) in [6.07, 6.45) is 4.97. The van der Waals surface area contributed by atoms with Gasteiger partial charge in [0.1, 0.15) is 6.33 Å². The van der Waals surface area contributed by atoms with Gasteiger partial charge in [0.15, 0.2) is 0 Å². The lowest BCUT2D eigenvalue weighted by Gasteiger charge is -2.19. The van der Waals surface area contributed by atoms with E-state index in [0.717, 1.165) is 0 Å². The van der Waals surface area contributed by atoms with Crippen LogP contribution in [0.1, 0.15) is 13.8 Å². The van der Waals surface area contributed by atoms with E-state index in [2.05, 4.69) is 25.3 Å². The molecule has 2 rings (SSSR count). The van der Waals surface area contributed by atoms with Crippen molar-refractivity contribution in [1.29, 1.82) is 0 Å². The van der Waals surface area contributed by atoms with E-state index >= 15 is 0 Å². The minimum atomic E-state index is -0.438. The van der Waals surface area contributed by atoms with Crippen LogP contribution in [0.5, 0.6) is 0 Å². The molecule has 0 saturated carbocycles. The van der Waals surface area contributed by atoms with Gasteiger partial charge in [0.05, 0.1) is 6.54 Å². The van der Waals surface area contributed by atoms with Crippen molar-refractivity contribution in [3.63, 3.8) is 0 Å². The summed E-state index contributed by atoms with van der Waals surface area (Å²) in [5.74, 6) is 0.822. The second kappa shape index (κ2) is 6.64. The third kappa shape index (κ3) is 3.65. The molecule has 0 fully saturated rings. The van der Waals surface area contributed by atoms with Gasteiger partial charge >= 0.3 is 0 Å². The Morgan fingerprint density at radius 2 is 2.19 bits per heavy atom. The van der Waals surface area contributed by atoms with Crippen LogP contribution in [0.15, 0.2) is 18.7 Å². The molecule has 3 N–H and O–H groups in total. The summed E-state index contributed by atoms with van der Waals surface area (Å²) < 4.78 is 1.67. The molecular weight excluding hydrogens is 272 g/mol. The highest BCUT2D eigenvalue weighted by Crippen LogP contribution is 2.13. The third-order valence-electron chi connectivity index (χ3n) is 2.69. The molecule has 112 valence electrons. The Bertz CT molecular complexity index is 597. The standard InChI is InChI=1S/C12H18N8O/c1-3-15-10-16-11(19(4-2)7-9(13)21)18-12(17-10)20-6-5-14-8-20/h5-6,8H,3-4,7H2,1-2H3,(H2,13,21)(H,15,16,17,18). The van der Waals surface area contributed by atoms with Crippen LogP contribution in [0.4, 0.5) is 11.9 Å². The van der Waals surface area contributed by atoms with E-state index in [1.165, 1.54) is 0 Å². The summed E-state index contributed by atoms with van der Waals surface area (Å²) in [6, 6.07) is 0. The van der Waals surface area contributed by atoms with Crippen LogP contribution in [0.25, 0.3) is 5.95 Å². The second-order valence-electron chi connectivity index (χ2n) is 4.24. The molecule has 0 radical (unpaired) electrons. The first kappa shape index (κ1) is 14.7. The number of imidazole rings is 1. The van der Waals surface area contributed by atoms with Gasteiger partial charge in [-0.2, -0.15) is 15.0 Å². The Morgan fingerprint density at radius 3 is 2.76 bits per heavy atom. The first-order valence-corrected chi connectivity index (χ1v) is 6.65. The Labute approximate surface area is 122 Å². The van der Waals surface area contributed by atoms with E-state index in [9.17, 15) is 4.79 Å². The zero-order chi connectivity index (χ0) is 15.2. The van der Waals surface area contributed by atoms with Gasteiger partial charge in [0, 0.05) is 25.5 Å². The molecule has 2 heterocycles. The van der Waals surface area contributed by atoms with Crippen molar-refractivity contribution < 1.29 is 4.79 Å². The van der Waals surface area contributed by atoms with E-state index < -0.39 is 5.91 Å². The van der Waals surface area contributed by atoms with Gasteiger partial charge in [-0.15, -0.1) is 0 Å². The molecule has 0 aliphatic heterocycles. The molecule has 0 spiro atoms. The van der Waals surface area contributed by atoms with Gasteiger partial charge in [-0.05, 0) is 13.8 Å². The van der Waals surface area contributed by atoms with Gasteiger partial charge in [0.2, 0.25) is 23.8 Å². The lowest BCUT2D eigenvalue weighted by Crippen LogP contribution is -2.35. The van der Waals surface area contributed by atoms with Crippen LogP contribution < -0.4 is 16.0 Å². The Kier molecular flexibility index (Phi) is 4.64. The third-order valence-corrected chi connectivity index (χ3v) is 2.69. The van der Waals surface area contributed by atoms with E-state index in [-0.39, 0.29) is 6.54 Å². The maximum absolute atomic E-state index is 11.1. The number of primary amides is 1. The number of nitrogens with one attached hydrogen (secondary N) is 1. The molecule has 9 nitrogen and oxygen atoms in total. The van der Waals surface area contributed by atoms with Gasteiger partial charge in [-0.25, -0.2) is 4.98 Å². The zero-order valence-electron chi connectivity index (χ0n) is 12.0. The molecule has 0 atom stereocenters. The Balaban J connectivity index is 2.41. The number of amides is 1. The van der Waals surface area contributed by atoms with Crippen LogP contribution in [0.2, 0.25) is 0 Å². The molecule has 0 aliphatic carbocycles. The van der Waals surface area contributed by atoms with E-state index in [4.69, 9.17) is 5.73 Å². The number of anilines is 2. The lowest BCUT2D eigenvalue weighted by atomic mass is 10.5. The summed E-state index contributed by atoms with van der Waals surface area (Å²) in [4.78, 5) is 29.8. The first-order chi connectivity index (χ1) is 10.1. The minimum Gasteiger partial charge on any atom is -0.368 e. The van der Waals surface area contributed by atoms with Crippen LogP contribution in [0, 0.1) is 0 Å². The molecule has 0 aromatic carbocycles. The second-order valence-corrected chi connectivity index (χ2v) is 4.24. The predicted octanol–water partition coefficient (Wildman–Crippen LogP) is -0.199. The number of nitrogens with two attached hydrogens (primary N) is 1. The fourth-order valence-electron chi connectivity index (χ4n) is 1.74. The van der Waals surface area contributed by atoms with Crippen molar-refractivity contribution in [3.05, 3.63) is 18.7 Å². The topological polar surface area (TPSA) is 115 Å². The first-order valence-electron chi connectivity index (χ1n) is 6.65. The molecule has 21 heavy (non-hydrogen) atoms. The van der Waals surface area contributed by atoms with Gasteiger partial charge < -0.3 is 16.0 Å². The van der Waals surface area contributed by atoms with Crippen LogP contribution >= 0.6 is 0 Å². The van der Waals surface area contributed by atoms with E-state index in [1.807, 2.05) is 13.8 Å². The van der Waals surface area contributed by atoms with Crippen molar-refractivity contribution >= 4 is 17.8 Å². The molecule has 2 aromatic heterocycles. The van der Waals surface area contributed by atoms with Crippen LogP contribution in [0.3, 0.4) is 0 Å². The number of aromatic nitrogens is 5. The summed E-state index contributed by atoms with van der Waals surface area (Å²) in [5, 5.41) is 3.04. The maximum Gasteiger partial charge on any atom is 0.241 e. The van der Waals surface area contributed by atoms with Crippen molar-refractivity contribution in [2.75, 3.05) is 29.9 Å². The largest absolute Gasteiger partial charge is 0.368 e. The van der Waals surface area contributed by atoms with Gasteiger partial charge in [-0.3, -0.25) is 9.36 Å². The van der Waals surface area contributed by atoms with Crippen molar-refractivity contribution in [2.24, 2.45) is 5.73 Å². The van der Waals surface area contributed by atoms with E-state index in [0.29, 0.717) is 30.9 Å². The number of carbonyl (C=O) groups excluding carboxylic acids is 1. The number of hydrogen-bond acceptors (Lipinski definition) is 7. The monoisotopic (exact) mass is 290 g/mol. The average Bonchev–Trinajstić information content (AvgIpc) is 2.98. The highest BCUT2D eigenvalue weighted by Gasteiger charge is 2.14. The van der Waals surface area contributed by atoms with Crippen molar-refractivity contribution in [2.45, 2.75) is 13.8 Å². The predicted molar refractivity (Wildman–Crippen MR) is 78.2 cm³/mol. The van der Waals surface area contributed by atoms with Crippen LogP contribution in [-0.4, -0.2) is 50.0 Å². The highest BCUT2D eigenvalue weighted by molar-refractivity contribution is 5.78. The van der Waals surface area contributed by atoms with E-state index in [1.54, 1.807) is 28.2 Å². The molecule has 0 bridgehead atoms. The molecule has 1 amide bonds. The molecule has 9 heteroatoms. The van der Waals surface area contributed by atoms with Gasteiger partial charge in [0.25, 0.3) is 0 Å². The number of likely N-dealkylation sites (N-methyl/N-ethyl adjacent to an activating group) is 1. The summed E-state index contributed by atoms with van der Waals surface area (Å²) in [6.45, 7) is 5.13. The summed E-state index contributed by atoms with van der Waals surface area (Å²) in [5.41, 5.74) is 5.25. The molecular formula is C12H18N8O. The number of hydrogen-bond donors (Lipinski definition) is 2. The van der Waals surface area contributed by atoms with Crippen molar-refractivity contribution in [3.8, 4) is 5.95 Å². The number of rotatable bonds is 7. The molecule has 2 aromatic rings. The number of nitrogens with zero attached hydrogens (tertiary/aromatic N) is 6. The quantitative estimate of drug-likeness (QED) is 0.725. The molecule has 0 unspecified atom stereocenters. The summed E-state index contributed by atoms with van der Waals surface area (Å²) >= 11 is 0. The SMILES string of the molecule is CCNc1nc(N(CC)CC(N)=O)nc(-n2ccnc2)n1. The summed E-state index contributed by atoms with van der Waals surface area (Å²) in [7, 11) is 0. The lowest BCUT2D eigenvalue weighted by molar-refractivity contribution is -0.116. The average molecular weight is 290 g/mol. The zero-order valence-corrected chi connectivity index (χ0v) is 12.0. The maximum atomic E-state index is 11.1. The Morgan fingerprint density at radius 1 is 1.38 bits per heavy atom. The highest BCUT2D eigenvalue weighted by atomic mass is 16.1. The molecule has 0 aliphatic rings. The molecule has 0 saturated heterocycles. The number of carbonyl (C=O) groups is 1. The van der Waals surface area contributed by atoms with Crippen molar-refractivity contribution in [1.82, 2.24) is 24.5 Å². The smallest absolute Gasteiger partial charge is 0.241 e. The fourth-order valence-corrected chi connectivity index (χ4v) is 1.74. The Hall–Kier alpha value is -2.71. The van der Waals surface area contributed by atoms with Gasteiger partial charge in [-0.1, -0.05) is 0 Å². The fraction of sp³-hybridized carbons (Fsp3) is 0.417. The van der Waals surface area contributed by atoms with Crippen LogP contribution in [-0.2, 0) is 4.79 Å². The normalized spacial score (nSPS) is 10.4.